The normalized spacial score (nSPS) is 10.8. The van der Waals surface area contributed by atoms with Crippen molar-refractivity contribution in [3.05, 3.63) is 85.0 Å². The zero-order valence-electron chi connectivity index (χ0n) is 19.5. The standard InChI is InChI=1S/C25H23BrCl2N4O3S/c1-3-34-22-11-15(10-19(26)23(22)35-14-16-8-9-17(27)12-20(16)28)13-29-32-24(30-31-25(32)36)18-6-4-5-7-21(18)33-2/h4-12,29H,3,13-14H2,1-2H3,(H,31,36). The molecular formula is C25H23BrCl2N4O3S. The molecule has 0 aliphatic heterocycles. The smallest absolute Gasteiger partial charge is 0.214 e. The van der Waals surface area contributed by atoms with Crippen LogP contribution < -0.4 is 19.6 Å². The molecule has 3 aromatic carbocycles. The number of nitrogens with zero attached hydrogens (tertiary/aromatic N) is 2. The van der Waals surface area contributed by atoms with Crippen molar-refractivity contribution in [2.45, 2.75) is 20.1 Å². The van der Waals surface area contributed by atoms with Crippen molar-refractivity contribution < 1.29 is 14.2 Å². The highest BCUT2D eigenvalue weighted by Gasteiger charge is 2.16. The highest BCUT2D eigenvalue weighted by atomic mass is 79.9. The maximum atomic E-state index is 6.30. The summed E-state index contributed by atoms with van der Waals surface area (Å²) >= 11 is 21.4. The third-order valence-corrected chi connectivity index (χ3v) is 6.67. The van der Waals surface area contributed by atoms with E-state index >= 15 is 0 Å². The average molecular weight is 610 g/mol. The van der Waals surface area contributed by atoms with E-state index in [1.54, 1.807) is 23.9 Å². The van der Waals surface area contributed by atoms with Crippen LogP contribution in [0.15, 0.2) is 59.1 Å². The molecule has 4 aromatic rings. The molecule has 0 amide bonds. The molecule has 0 saturated carbocycles. The van der Waals surface area contributed by atoms with E-state index in [-0.39, 0.29) is 6.61 Å². The first-order valence-corrected chi connectivity index (χ1v) is 12.9. The van der Waals surface area contributed by atoms with Gasteiger partial charge in [0.25, 0.3) is 0 Å². The fraction of sp³-hybridized carbons (Fsp3) is 0.200. The third-order valence-electron chi connectivity index (χ3n) is 5.22. The SMILES string of the molecule is CCOc1cc(CNn2c(-c3ccccc3OC)n[nH]c2=S)cc(Br)c1OCc1ccc(Cl)cc1Cl. The molecule has 0 unspecified atom stereocenters. The summed E-state index contributed by atoms with van der Waals surface area (Å²) in [6.07, 6.45) is 0. The zero-order valence-corrected chi connectivity index (χ0v) is 23.4. The van der Waals surface area contributed by atoms with Crippen LogP contribution in [0.1, 0.15) is 18.1 Å². The molecule has 0 fully saturated rings. The Hall–Kier alpha value is -2.72. The van der Waals surface area contributed by atoms with E-state index in [2.05, 4.69) is 31.6 Å². The molecule has 0 atom stereocenters. The highest BCUT2D eigenvalue weighted by Crippen LogP contribution is 2.38. The maximum absolute atomic E-state index is 6.30. The van der Waals surface area contributed by atoms with Gasteiger partial charge in [0.05, 0.1) is 30.3 Å². The van der Waals surface area contributed by atoms with E-state index in [0.29, 0.717) is 51.0 Å². The molecular weight excluding hydrogens is 587 g/mol. The van der Waals surface area contributed by atoms with Gasteiger partial charge in [0, 0.05) is 15.6 Å². The van der Waals surface area contributed by atoms with Crippen LogP contribution in [0.2, 0.25) is 10.0 Å². The van der Waals surface area contributed by atoms with E-state index in [4.69, 9.17) is 49.6 Å². The van der Waals surface area contributed by atoms with Crippen molar-refractivity contribution in [3.8, 4) is 28.6 Å². The lowest BCUT2D eigenvalue weighted by Crippen LogP contribution is -2.16. The number of ether oxygens (including phenoxy) is 3. The number of methoxy groups -OCH3 is 1. The van der Waals surface area contributed by atoms with Crippen molar-refractivity contribution in [2.24, 2.45) is 0 Å². The van der Waals surface area contributed by atoms with Gasteiger partial charge < -0.3 is 19.6 Å². The minimum absolute atomic E-state index is 0.263. The fourth-order valence-corrected chi connectivity index (χ4v) is 4.80. The van der Waals surface area contributed by atoms with Crippen LogP contribution in [-0.2, 0) is 13.2 Å². The van der Waals surface area contributed by atoms with Gasteiger partial charge >= 0.3 is 0 Å². The largest absolute Gasteiger partial charge is 0.496 e. The minimum Gasteiger partial charge on any atom is -0.496 e. The first kappa shape index (κ1) is 26.3. The Balaban J connectivity index is 1.56. The summed E-state index contributed by atoms with van der Waals surface area (Å²) in [5.74, 6) is 2.50. The average Bonchev–Trinajstić information content (AvgIpc) is 3.23. The molecule has 7 nitrogen and oxygen atoms in total. The monoisotopic (exact) mass is 608 g/mol. The lowest BCUT2D eigenvalue weighted by atomic mass is 10.2. The van der Waals surface area contributed by atoms with Crippen molar-refractivity contribution in [2.75, 3.05) is 19.1 Å². The Labute approximate surface area is 232 Å². The predicted octanol–water partition coefficient (Wildman–Crippen LogP) is 7.41. The summed E-state index contributed by atoms with van der Waals surface area (Å²) in [5.41, 5.74) is 5.90. The summed E-state index contributed by atoms with van der Waals surface area (Å²) in [5, 5.41) is 8.34. The van der Waals surface area contributed by atoms with Crippen LogP contribution in [0.25, 0.3) is 11.4 Å². The summed E-state index contributed by atoms with van der Waals surface area (Å²) < 4.78 is 20.3. The number of hydrogen-bond donors (Lipinski definition) is 2. The molecule has 0 radical (unpaired) electrons. The number of aromatic nitrogens is 3. The van der Waals surface area contributed by atoms with Crippen LogP contribution >= 0.6 is 51.3 Å². The Kier molecular flexibility index (Phi) is 8.79. The summed E-state index contributed by atoms with van der Waals surface area (Å²) in [6.45, 7) is 3.10. The van der Waals surface area contributed by atoms with Crippen LogP contribution in [-0.4, -0.2) is 28.6 Å². The molecule has 4 rings (SSSR count). The van der Waals surface area contributed by atoms with Gasteiger partial charge in [0.15, 0.2) is 17.3 Å². The van der Waals surface area contributed by atoms with Gasteiger partial charge in [-0.15, -0.1) is 0 Å². The van der Waals surface area contributed by atoms with Gasteiger partial charge in [-0.05, 0) is 77.0 Å². The molecule has 2 N–H and O–H groups in total. The van der Waals surface area contributed by atoms with Crippen molar-refractivity contribution in [1.29, 1.82) is 0 Å². The van der Waals surface area contributed by atoms with Gasteiger partial charge in [0.2, 0.25) is 4.77 Å². The molecule has 0 aliphatic rings. The van der Waals surface area contributed by atoms with Gasteiger partial charge in [-0.1, -0.05) is 41.4 Å². The molecule has 11 heteroatoms. The van der Waals surface area contributed by atoms with Crippen LogP contribution in [0.5, 0.6) is 17.2 Å². The number of aromatic amines is 1. The first-order valence-electron chi connectivity index (χ1n) is 11.0. The molecule has 188 valence electrons. The Morgan fingerprint density at radius 1 is 1.08 bits per heavy atom. The van der Waals surface area contributed by atoms with Gasteiger partial charge in [-0.2, -0.15) is 5.10 Å². The van der Waals surface area contributed by atoms with E-state index in [1.165, 1.54) is 0 Å². The van der Waals surface area contributed by atoms with Gasteiger partial charge in [0.1, 0.15) is 12.4 Å². The van der Waals surface area contributed by atoms with Crippen molar-refractivity contribution >= 4 is 51.3 Å². The molecule has 0 aliphatic carbocycles. The van der Waals surface area contributed by atoms with Crippen molar-refractivity contribution in [3.63, 3.8) is 0 Å². The Morgan fingerprint density at radius 3 is 2.64 bits per heavy atom. The predicted molar refractivity (Wildman–Crippen MR) is 149 cm³/mol. The van der Waals surface area contributed by atoms with E-state index in [0.717, 1.165) is 21.2 Å². The lowest BCUT2D eigenvalue weighted by Gasteiger charge is -2.17. The van der Waals surface area contributed by atoms with E-state index < -0.39 is 0 Å². The number of hydrogen-bond acceptors (Lipinski definition) is 6. The number of benzene rings is 3. The quantitative estimate of drug-likeness (QED) is 0.182. The van der Waals surface area contributed by atoms with Crippen LogP contribution in [0, 0.1) is 4.77 Å². The Morgan fingerprint density at radius 2 is 1.89 bits per heavy atom. The van der Waals surface area contributed by atoms with Gasteiger partial charge in [-0.3, -0.25) is 0 Å². The zero-order chi connectivity index (χ0) is 25.7. The number of rotatable bonds is 10. The Bertz CT molecular complexity index is 1430. The van der Waals surface area contributed by atoms with E-state index in [9.17, 15) is 0 Å². The number of H-pyrrole nitrogens is 1. The van der Waals surface area contributed by atoms with Gasteiger partial charge in [-0.25, -0.2) is 9.77 Å². The molecule has 0 bridgehead atoms. The topological polar surface area (TPSA) is 73.3 Å². The summed E-state index contributed by atoms with van der Waals surface area (Å²) in [7, 11) is 1.62. The molecule has 1 aromatic heterocycles. The number of nitrogens with one attached hydrogen (secondary N) is 2. The molecule has 36 heavy (non-hydrogen) atoms. The highest BCUT2D eigenvalue weighted by molar-refractivity contribution is 9.10. The third kappa shape index (κ3) is 5.98. The second-order valence-electron chi connectivity index (χ2n) is 7.59. The molecule has 1 heterocycles. The fourth-order valence-electron chi connectivity index (χ4n) is 3.54. The summed E-state index contributed by atoms with van der Waals surface area (Å²) in [6, 6.07) is 16.8. The van der Waals surface area contributed by atoms with Crippen molar-refractivity contribution in [1.82, 2.24) is 14.9 Å². The lowest BCUT2D eigenvalue weighted by molar-refractivity contribution is 0.267. The van der Waals surface area contributed by atoms with Crippen LogP contribution in [0.4, 0.5) is 0 Å². The minimum atomic E-state index is 0.263. The van der Waals surface area contributed by atoms with E-state index in [1.807, 2.05) is 49.4 Å². The number of halogens is 3. The number of para-hydroxylation sites is 1. The second-order valence-corrected chi connectivity index (χ2v) is 9.67. The van der Waals surface area contributed by atoms with Crippen LogP contribution in [0.3, 0.4) is 0 Å². The second kappa shape index (κ2) is 12.0. The molecule has 0 spiro atoms. The summed E-state index contributed by atoms with van der Waals surface area (Å²) in [4.78, 5) is 0. The first-order chi connectivity index (χ1) is 17.4. The maximum Gasteiger partial charge on any atom is 0.214 e. The molecule has 0 saturated heterocycles.